The normalized spacial score (nSPS) is 10.5. The Morgan fingerprint density at radius 3 is 1.61 bits per heavy atom. The van der Waals surface area contributed by atoms with Gasteiger partial charge < -0.3 is 0 Å². The number of benzene rings is 2. The molecule has 92 valence electrons. The molecule has 0 saturated carbocycles. The molecular formula is C17H20Si. The van der Waals surface area contributed by atoms with Gasteiger partial charge in [0.15, 0.2) is 0 Å². The summed E-state index contributed by atoms with van der Waals surface area (Å²) in [5, 5.41) is 0. The van der Waals surface area contributed by atoms with Gasteiger partial charge in [-0.05, 0) is 18.1 Å². The SMILES string of the molecule is C=CC[SiH](Cc1ccccc1)Cc1ccccc1. The van der Waals surface area contributed by atoms with Crippen LogP contribution in [0.5, 0.6) is 0 Å². The highest BCUT2D eigenvalue weighted by atomic mass is 28.3. The number of hydrogen-bond acceptors (Lipinski definition) is 0. The van der Waals surface area contributed by atoms with Crippen molar-refractivity contribution in [3.05, 3.63) is 84.4 Å². The molecule has 2 rings (SSSR count). The zero-order chi connectivity index (χ0) is 12.6. The molecule has 2 aromatic carbocycles. The van der Waals surface area contributed by atoms with Crippen LogP contribution in [0.15, 0.2) is 73.3 Å². The molecule has 0 N–H and O–H groups in total. The Labute approximate surface area is 112 Å². The minimum absolute atomic E-state index is 0.805. The van der Waals surface area contributed by atoms with Crippen molar-refractivity contribution in [3.8, 4) is 0 Å². The predicted molar refractivity (Wildman–Crippen MR) is 82.4 cm³/mol. The zero-order valence-corrected chi connectivity index (χ0v) is 11.9. The summed E-state index contributed by atoms with van der Waals surface area (Å²) >= 11 is 0. The molecule has 0 heterocycles. The van der Waals surface area contributed by atoms with Crippen LogP contribution in [0.25, 0.3) is 0 Å². The largest absolute Gasteiger partial charge is 0.103 e. The summed E-state index contributed by atoms with van der Waals surface area (Å²) < 4.78 is 0. The van der Waals surface area contributed by atoms with Gasteiger partial charge in [-0.3, -0.25) is 0 Å². The van der Waals surface area contributed by atoms with Gasteiger partial charge in [-0.1, -0.05) is 77.9 Å². The van der Waals surface area contributed by atoms with E-state index in [1.165, 1.54) is 29.3 Å². The Morgan fingerprint density at radius 1 is 0.778 bits per heavy atom. The molecule has 0 saturated heterocycles. The van der Waals surface area contributed by atoms with Crippen molar-refractivity contribution in [1.82, 2.24) is 0 Å². The van der Waals surface area contributed by atoms with Crippen molar-refractivity contribution in [3.63, 3.8) is 0 Å². The first kappa shape index (κ1) is 12.8. The Kier molecular flexibility index (Phi) is 4.97. The highest BCUT2D eigenvalue weighted by Crippen LogP contribution is 2.11. The number of rotatable bonds is 6. The van der Waals surface area contributed by atoms with Crippen LogP contribution >= 0.6 is 0 Å². The molecule has 0 aliphatic rings. The molecule has 0 aliphatic heterocycles. The monoisotopic (exact) mass is 252 g/mol. The van der Waals surface area contributed by atoms with E-state index in [-0.39, 0.29) is 0 Å². The van der Waals surface area contributed by atoms with Gasteiger partial charge in [0.05, 0.1) is 0 Å². The first-order valence-electron chi connectivity index (χ1n) is 6.57. The summed E-state index contributed by atoms with van der Waals surface area (Å²) in [6.07, 6.45) is 2.10. The molecule has 0 fully saturated rings. The van der Waals surface area contributed by atoms with Crippen LogP contribution in [0.2, 0.25) is 6.04 Å². The van der Waals surface area contributed by atoms with E-state index in [0.29, 0.717) is 0 Å². The smallest absolute Gasteiger partial charge is 0.0494 e. The minimum Gasteiger partial charge on any atom is -0.103 e. The number of hydrogen-bond donors (Lipinski definition) is 0. The molecule has 0 aromatic heterocycles. The average Bonchev–Trinajstić information content (AvgIpc) is 2.41. The minimum atomic E-state index is -0.805. The predicted octanol–water partition coefficient (Wildman–Crippen LogP) is 3.96. The van der Waals surface area contributed by atoms with Gasteiger partial charge in [0.1, 0.15) is 0 Å². The van der Waals surface area contributed by atoms with Gasteiger partial charge in [0.25, 0.3) is 0 Å². The van der Waals surface area contributed by atoms with Crippen molar-refractivity contribution in [2.24, 2.45) is 0 Å². The molecule has 0 amide bonds. The maximum absolute atomic E-state index is 3.92. The fraction of sp³-hybridized carbons (Fsp3) is 0.176. The summed E-state index contributed by atoms with van der Waals surface area (Å²) in [5.41, 5.74) is 2.96. The second kappa shape index (κ2) is 6.97. The first-order chi connectivity index (χ1) is 8.88. The first-order valence-corrected chi connectivity index (χ1v) is 9.02. The summed E-state index contributed by atoms with van der Waals surface area (Å²) in [7, 11) is -0.805. The van der Waals surface area contributed by atoms with Gasteiger partial charge in [-0.15, -0.1) is 6.58 Å². The van der Waals surface area contributed by atoms with Crippen LogP contribution in [0, 0.1) is 0 Å². The standard InChI is InChI=1S/C17H20Si/c1-2-13-18(14-16-9-5-3-6-10-16)15-17-11-7-4-8-12-17/h2-12,18H,1,13-15H2. The Bertz CT molecular complexity index is 420. The lowest BCUT2D eigenvalue weighted by atomic mass is 10.2. The lowest BCUT2D eigenvalue weighted by molar-refractivity contribution is 1.24. The van der Waals surface area contributed by atoms with E-state index in [1.54, 1.807) is 0 Å². The van der Waals surface area contributed by atoms with E-state index >= 15 is 0 Å². The van der Waals surface area contributed by atoms with Crippen molar-refractivity contribution in [2.75, 3.05) is 0 Å². The van der Waals surface area contributed by atoms with Gasteiger partial charge >= 0.3 is 0 Å². The molecule has 0 atom stereocenters. The van der Waals surface area contributed by atoms with Crippen LogP contribution < -0.4 is 0 Å². The van der Waals surface area contributed by atoms with Crippen LogP contribution in [0.3, 0.4) is 0 Å². The van der Waals surface area contributed by atoms with E-state index in [2.05, 4.69) is 73.3 Å². The van der Waals surface area contributed by atoms with Crippen molar-refractivity contribution < 1.29 is 0 Å². The fourth-order valence-corrected chi connectivity index (χ4v) is 5.20. The van der Waals surface area contributed by atoms with Gasteiger partial charge in [0.2, 0.25) is 0 Å². The zero-order valence-electron chi connectivity index (χ0n) is 10.8. The fourth-order valence-electron chi connectivity index (χ4n) is 2.37. The molecule has 2 aromatic rings. The molecule has 0 aliphatic carbocycles. The second-order valence-corrected chi connectivity index (χ2v) is 7.79. The summed E-state index contributed by atoms with van der Waals surface area (Å²) in [4.78, 5) is 0. The lowest BCUT2D eigenvalue weighted by Gasteiger charge is -2.13. The molecule has 0 nitrogen and oxygen atoms in total. The van der Waals surface area contributed by atoms with Gasteiger partial charge in [0, 0.05) is 8.80 Å². The Balaban J connectivity index is 2.02. The molecular weight excluding hydrogens is 232 g/mol. The Hall–Kier alpha value is -1.60. The van der Waals surface area contributed by atoms with E-state index in [0.717, 1.165) is 0 Å². The average molecular weight is 252 g/mol. The molecule has 0 bridgehead atoms. The number of allylic oxidation sites excluding steroid dienone is 1. The second-order valence-electron chi connectivity index (χ2n) is 4.77. The Morgan fingerprint density at radius 2 is 1.22 bits per heavy atom. The topological polar surface area (TPSA) is 0 Å². The van der Waals surface area contributed by atoms with Crippen molar-refractivity contribution in [2.45, 2.75) is 18.1 Å². The summed E-state index contributed by atoms with van der Waals surface area (Å²) in [5.74, 6) is 0. The van der Waals surface area contributed by atoms with Gasteiger partial charge in [-0.25, -0.2) is 0 Å². The third kappa shape index (κ3) is 4.01. The molecule has 0 spiro atoms. The molecule has 1 heteroatoms. The van der Waals surface area contributed by atoms with E-state index in [4.69, 9.17) is 0 Å². The quantitative estimate of drug-likeness (QED) is 0.539. The molecule has 18 heavy (non-hydrogen) atoms. The molecule has 0 unspecified atom stereocenters. The summed E-state index contributed by atoms with van der Waals surface area (Å²) in [6, 6.07) is 25.4. The maximum Gasteiger partial charge on any atom is 0.0494 e. The molecule has 0 radical (unpaired) electrons. The van der Waals surface area contributed by atoms with Crippen LogP contribution in [0.4, 0.5) is 0 Å². The third-order valence-electron chi connectivity index (χ3n) is 3.23. The lowest BCUT2D eigenvalue weighted by Crippen LogP contribution is -2.19. The third-order valence-corrected chi connectivity index (χ3v) is 6.33. The van der Waals surface area contributed by atoms with E-state index in [1.807, 2.05) is 0 Å². The van der Waals surface area contributed by atoms with E-state index < -0.39 is 8.80 Å². The van der Waals surface area contributed by atoms with Crippen LogP contribution in [-0.4, -0.2) is 8.80 Å². The maximum atomic E-state index is 3.92. The summed E-state index contributed by atoms with van der Waals surface area (Å²) in [6.45, 7) is 3.92. The highest BCUT2D eigenvalue weighted by Gasteiger charge is 2.10. The van der Waals surface area contributed by atoms with Gasteiger partial charge in [-0.2, -0.15) is 0 Å². The van der Waals surface area contributed by atoms with E-state index in [9.17, 15) is 0 Å². The highest BCUT2D eigenvalue weighted by molar-refractivity contribution is 6.58. The van der Waals surface area contributed by atoms with Crippen LogP contribution in [0.1, 0.15) is 11.1 Å². The van der Waals surface area contributed by atoms with Crippen molar-refractivity contribution >= 4 is 8.80 Å². The van der Waals surface area contributed by atoms with Crippen molar-refractivity contribution in [1.29, 1.82) is 0 Å². The van der Waals surface area contributed by atoms with Crippen LogP contribution in [-0.2, 0) is 12.1 Å².